The second-order valence-electron chi connectivity index (χ2n) is 6.53. The number of likely N-dealkylation sites (tertiary alicyclic amines) is 1. The van der Waals surface area contributed by atoms with Crippen LogP contribution in [0.5, 0.6) is 0 Å². The van der Waals surface area contributed by atoms with E-state index in [1.54, 1.807) is 0 Å². The van der Waals surface area contributed by atoms with E-state index in [0.717, 1.165) is 25.0 Å². The minimum absolute atomic E-state index is 0.648. The molecule has 1 unspecified atom stereocenters. The van der Waals surface area contributed by atoms with Gasteiger partial charge in [-0.2, -0.15) is 0 Å². The summed E-state index contributed by atoms with van der Waals surface area (Å²) in [5.41, 5.74) is 0. The van der Waals surface area contributed by atoms with Crippen LogP contribution in [0.15, 0.2) is 4.99 Å². The molecule has 1 heterocycles. The molecular weight excluding hydrogens is 248 g/mol. The maximum atomic E-state index is 4.24. The summed E-state index contributed by atoms with van der Waals surface area (Å²) in [5.74, 6) is 2.47. The standard InChI is InChI=1S/C16H34N4/c1-14(2)12-19-16(17-4)18-9-5-6-10-20-11-7-8-15(3)13-20/h14-15H,5-13H2,1-4H3,(H2,17,18,19). The van der Waals surface area contributed by atoms with Gasteiger partial charge in [-0.05, 0) is 50.6 Å². The Morgan fingerprint density at radius 3 is 2.75 bits per heavy atom. The van der Waals surface area contributed by atoms with Gasteiger partial charge in [0.15, 0.2) is 5.96 Å². The highest BCUT2D eigenvalue weighted by atomic mass is 15.2. The number of hydrogen-bond acceptors (Lipinski definition) is 2. The van der Waals surface area contributed by atoms with Gasteiger partial charge in [-0.1, -0.05) is 20.8 Å². The van der Waals surface area contributed by atoms with Crippen LogP contribution in [0.25, 0.3) is 0 Å². The average Bonchev–Trinajstić information content (AvgIpc) is 2.41. The van der Waals surface area contributed by atoms with E-state index in [-0.39, 0.29) is 0 Å². The molecule has 0 aromatic carbocycles. The van der Waals surface area contributed by atoms with Crippen molar-refractivity contribution in [1.82, 2.24) is 15.5 Å². The molecule has 0 bridgehead atoms. The molecule has 0 spiro atoms. The third kappa shape index (κ3) is 7.73. The fourth-order valence-corrected chi connectivity index (χ4v) is 2.68. The van der Waals surface area contributed by atoms with Crippen LogP contribution < -0.4 is 10.6 Å². The summed E-state index contributed by atoms with van der Waals surface area (Å²) < 4.78 is 0. The van der Waals surface area contributed by atoms with Crippen molar-refractivity contribution in [2.45, 2.75) is 46.5 Å². The molecule has 0 aliphatic carbocycles. The lowest BCUT2D eigenvalue weighted by Gasteiger charge is -2.30. The zero-order valence-corrected chi connectivity index (χ0v) is 13.9. The number of hydrogen-bond donors (Lipinski definition) is 2. The lowest BCUT2D eigenvalue weighted by Crippen LogP contribution is -2.39. The molecule has 1 saturated heterocycles. The van der Waals surface area contributed by atoms with Gasteiger partial charge in [0.05, 0.1) is 0 Å². The Balaban J connectivity index is 2.03. The molecular formula is C16H34N4. The van der Waals surface area contributed by atoms with Gasteiger partial charge in [0, 0.05) is 26.7 Å². The van der Waals surface area contributed by atoms with Crippen molar-refractivity contribution >= 4 is 5.96 Å². The number of aliphatic imine (C=N–C) groups is 1. The SMILES string of the molecule is CN=C(NCCCCN1CCCC(C)C1)NCC(C)C. The van der Waals surface area contributed by atoms with Crippen molar-refractivity contribution in [3.8, 4) is 0 Å². The number of nitrogens with one attached hydrogen (secondary N) is 2. The van der Waals surface area contributed by atoms with Crippen LogP contribution in [0.2, 0.25) is 0 Å². The Kier molecular flexibility index (Phi) is 8.67. The highest BCUT2D eigenvalue weighted by molar-refractivity contribution is 5.79. The smallest absolute Gasteiger partial charge is 0.190 e. The molecule has 1 aliphatic heterocycles. The molecule has 2 N–H and O–H groups in total. The van der Waals surface area contributed by atoms with Crippen LogP contribution in [-0.2, 0) is 0 Å². The largest absolute Gasteiger partial charge is 0.356 e. The van der Waals surface area contributed by atoms with E-state index in [9.17, 15) is 0 Å². The molecule has 0 radical (unpaired) electrons. The second kappa shape index (κ2) is 10.0. The van der Waals surface area contributed by atoms with Gasteiger partial charge >= 0.3 is 0 Å². The summed E-state index contributed by atoms with van der Waals surface area (Å²) in [7, 11) is 1.84. The first kappa shape index (κ1) is 17.3. The first-order valence-electron chi connectivity index (χ1n) is 8.28. The normalized spacial score (nSPS) is 21.2. The van der Waals surface area contributed by atoms with E-state index >= 15 is 0 Å². The fourth-order valence-electron chi connectivity index (χ4n) is 2.68. The Bertz CT molecular complexity index is 276. The zero-order chi connectivity index (χ0) is 14.8. The molecule has 1 fully saturated rings. The fraction of sp³-hybridized carbons (Fsp3) is 0.938. The molecule has 0 aromatic heterocycles. The highest BCUT2D eigenvalue weighted by Crippen LogP contribution is 2.15. The molecule has 118 valence electrons. The van der Waals surface area contributed by atoms with Gasteiger partial charge in [-0.15, -0.1) is 0 Å². The van der Waals surface area contributed by atoms with E-state index in [2.05, 4.69) is 41.3 Å². The summed E-state index contributed by atoms with van der Waals surface area (Å²) in [6.45, 7) is 12.6. The third-order valence-electron chi connectivity index (χ3n) is 3.84. The lowest BCUT2D eigenvalue weighted by atomic mass is 10.0. The van der Waals surface area contributed by atoms with Crippen LogP contribution in [0.1, 0.15) is 46.5 Å². The first-order chi connectivity index (χ1) is 9.61. The van der Waals surface area contributed by atoms with Crippen LogP contribution in [0.4, 0.5) is 0 Å². The van der Waals surface area contributed by atoms with Crippen molar-refractivity contribution < 1.29 is 0 Å². The summed E-state index contributed by atoms with van der Waals surface area (Å²) in [4.78, 5) is 6.87. The summed E-state index contributed by atoms with van der Waals surface area (Å²) in [5, 5.41) is 6.74. The molecule has 1 aliphatic rings. The molecule has 20 heavy (non-hydrogen) atoms. The minimum Gasteiger partial charge on any atom is -0.356 e. The molecule has 0 amide bonds. The van der Waals surface area contributed by atoms with Crippen molar-refractivity contribution in [2.24, 2.45) is 16.8 Å². The van der Waals surface area contributed by atoms with Gasteiger partial charge in [0.2, 0.25) is 0 Å². The van der Waals surface area contributed by atoms with E-state index in [0.29, 0.717) is 5.92 Å². The predicted octanol–water partition coefficient (Wildman–Crippen LogP) is 2.32. The van der Waals surface area contributed by atoms with Gasteiger partial charge < -0.3 is 15.5 Å². The van der Waals surface area contributed by atoms with Gasteiger partial charge in [-0.3, -0.25) is 4.99 Å². The summed E-state index contributed by atoms with van der Waals surface area (Å²) >= 11 is 0. The summed E-state index contributed by atoms with van der Waals surface area (Å²) in [6.07, 6.45) is 5.29. The van der Waals surface area contributed by atoms with E-state index < -0.39 is 0 Å². The van der Waals surface area contributed by atoms with Gasteiger partial charge in [0.1, 0.15) is 0 Å². The van der Waals surface area contributed by atoms with Crippen LogP contribution in [-0.4, -0.2) is 50.6 Å². The van der Waals surface area contributed by atoms with Crippen molar-refractivity contribution in [3.05, 3.63) is 0 Å². The number of nitrogens with zero attached hydrogens (tertiary/aromatic N) is 2. The molecule has 1 atom stereocenters. The Hall–Kier alpha value is -0.770. The van der Waals surface area contributed by atoms with E-state index in [1.165, 1.54) is 45.3 Å². The maximum Gasteiger partial charge on any atom is 0.190 e. The van der Waals surface area contributed by atoms with Crippen LogP contribution in [0.3, 0.4) is 0 Å². The van der Waals surface area contributed by atoms with Crippen molar-refractivity contribution in [2.75, 3.05) is 39.8 Å². The van der Waals surface area contributed by atoms with Crippen molar-refractivity contribution in [3.63, 3.8) is 0 Å². The predicted molar refractivity (Wildman–Crippen MR) is 88.3 cm³/mol. The van der Waals surface area contributed by atoms with Crippen LogP contribution in [0, 0.1) is 11.8 Å². The third-order valence-corrected chi connectivity index (χ3v) is 3.84. The molecule has 1 rings (SSSR count). The first-order valence-corrected chi connectivity index (χ1v) is 8.28. The second-order valence-corrected chi connectivity index (χ2v) is 6.53. The number of guanidine groups is 1. The monoisotopic (exact) mass is 282 g/mol. The quantitative estimate of drug-likeness (QED) is 0.428. The zero-order valence-electron chi connectivity index (χ0n) is 13.9. The Morgan fingerprint density at radius 1 is 1.30 bits per heavy atom. The average molecular weight is 282 g/mol. The lowest BCUT2D eigenvalue weighted by molar-refractivity contribution is 0.181. The maximum absolute atomic E-state index is 4.24. The number of rotatable bonds is 7. The van der Waals surface area contributed by atoms with E-state index in [4.69, 9.17) is 0 Å². The number of unbranched alkanes of at least 4 members (excludes halogenated alkanes) is 1. The topological polar surface area (TPSA) is 39.7 Å². The Labute approximate surface area is 125 Å². The van der Waals surface area contributed by atoms with Crippen LogP contribution >= 0.6 is 0 Å². The summed E-state index contributed by atoms with van der Waals surface area (Å²) in [6, 6.07) is 0. The van der Waals surface area contributed by atoms with Gasteiger partial charge in [0.25, 0.3) is 0 Å². The van der Waals surface area contributed by atoms with Crippen molar-refractivity contribution in [1.29, 1.82) is 0 Å². The highest BCUT2D eigenvalue weighted by Gasteiger charge is 2.15. The molecule has 4 nitrogen and oxygen atoms in total. The number of piperidine rings is 1. The molecule has 4 heteroatoms. The minimum atomic E-state index is 0.648. The molecule has 0 saturated carbocycles. The Morgan fingerprint density at radius 2 is 2.10 bits per heavy atom. The van der Waals surface area contributed by atoms with Gasteiger partial charge in [-0.25, -0.2) is 0 Å². The molecule has 0 aromatic rings. The van der Waals surface area contributed by atoms with E-state index in [1.807, 2.05) is 7.05 Å².